The van der Waals surface area contributed by atoms with Crippen molar-refractivity contribution in [3.8, 4) is 5.75 Å². The quantitative estimate of drug-likeness (QED) is 0.853. The van der Waals surface area contributed by atoms with E-state index in [4.69, 9.17) is 0 Å². The molecule has 0 fully saturated rings. The number of nitrogens with one attached hydrogen (secondary N) is 1. The highest BCUT2D eigenvalue weighted by molar-refractivity contribution is 5.35. The second-order valence-electron chi connectivity index (χ2n) is 4.87. The summed E-state index contributed by atoms with van der Waals surface area (Å²) < 4.78 is 31.2. The number of hydrogen-bond donors (Lipinski definition) is 1. The second-order valence-corrected chi connectivity index (χ2v) is 4.87. The number of rotatable bonds is 7. The third-order valence-electron chi connectivity index (χ3n) is 3.16. The number of hydrogen-bond acceptors (Lipinski definition) is 3. The van der Waals surface area contributed by atoms with Gasteiger partial charge in [-0.05, 0) is 25.5 Å². The van der Waals surface area contributed by atoms with Crippen LogP contribution >= 0.6 is 0 Å². The molecule has 1 heterocycles. The zero-order valence-electron chi connectivity index (χ0n) is 12.1. The summed E-state index contributed by atoms with van der Waals surface area (Å²) in [5, 5.41) is 7.48. The lowest BCUT2D eigenvalue weighted by Gasteiger charge is -2.18. The topological polar surface area (TPSA) is 39.1 Å². The molecule has 0 aliphatic carbocycles. The number of halogens is 2. The van der Waals surface area contributed by atoms with Gasteiger partial charge in [-0.1, -0.05) is 18.2 Å². The number of ether oxygens (including phenoxy) is 1. The lowest BCUT2D eigenvalue weighted by Crippen LogP contribution is -2.24. The highest BCUT2D eigenvalue weighted by Gasteiger charge is 2.13. The van der Waals surface area contributed by atoms with Gasteiger partial charge in [-0.25, -0.2) is 0 Å². The maximum absolute atomic E-state index is 12.4. The van der Waals surface area contributed by atoms with Gasteiger partial charge in [0.1, 0.15) is 5.75 Å². The van der Waals surface area contributed by atoms with E-state index in [1.807, 2.05) is 30.8 Å². The molecule has 0 aliphatic heterocycles. The van der Waals surface area contributed by atoms with Crippen molar-refractivity contribution in [1.29, 1.82) is 0 Å². The van der Waals surface area contributed by atoms with E-state index in [0.29, 0.717) is 6.54 Å². The average molecular weight is 295 g/mol. The van der Waals surface area contributed by atoms with Crippen LogP contribution in [0.15, 0.2) is 36.7 Å². The SMILES string of the molecule is Cc1cnn(CCNC(C)c2ccccc2OC(F)F)c1. The highest BCUT2D eigenvalue weighted by Crippen LogP contribution is 2.26. The fraction of sp³-hybridized carbons (Fsp3) is 0.400. The Morgan fingerprint density at radius 1 is 1.33 bits per heavy atom. The number of para-hydroxylation sites is 1. The van der Waals surface area contributed by atoms with Gasteiger partial charge in [-0.2, -0.15) is 13.9 Å². The number of alkyl halides is 2. The van der Waals surface area contributed by atoms with E-state index >= 15 is 0 Å². The summed E-state index contributed by atoms with van der Waals surface area (Å²) in [5.41, 5.74) is 1.83. The maximum atomic E-state index is 12.4. The number of aromatic nitrogens is 2. The summed E-state index contributed by atoms with van der Waals surface area (Å²) in [7, 11) is 0. The van der Waals surface area contributed by atoms with Crippen molar-refractivity contribution in [2.45, 2.75) is 33.0 Å². The van der Waals surface area contributed by atoms with E-state index in [-0.39, 0.29) is 11.8 Å². The fourth-order valence-electron chi connectivity index (χ4n) is 2.14. The Kier molecular flexibility index (Phi) is 5.27. The van der Waals surface area contributed by atoms with Crippen LogP contribution in [-0.2, 0) is 6.54 Å². The molecule has 114 valence electrons. The highest BCUT2D eigenvalue weighted by atomic mass is 19.3. The van der Waals surface area contributed by atoms with E-state index in [0.717, 1.165) is 17.7 Å². The molecule has 1 aromatic heterocycles. The van der Waals surface area contributed by atoms with Crippen LogP contribution in [-0.4, -0.2) is 22.9 Å². The van der Waals surface area contributed by atoms with E-state index < -0.39 is 6.61 Å². The third-order valence-corrected chi connectivity index (χ3v) is 3.16. The Balaban J connectivity index is 1.92. The predicted molar refractivity (Wildman–Crippen MR) is 76.5 cm³/mol. The summed E-state index contributed by atoms with van der Waals surface area (Å²) in [6.45, 7) is 2.49. The summed E-state index contributed by atoms with van der Waals surface area (Å²) in [6.07, 6.45) is 3.76. The molecule has 1 unspecified atom stereocenters. The first-order chi connectivity index (χ1) is 10.1. The first kappa shape index (κ1) is 15.4. The maximum Gasteiger partial charge on any atom is 0.387 e. The molecule has 0 bridgehead atoms. The van der Waals surface area contributed by atoms with Gasteiger partial charge >= 0.3 is 6.61 Å². The van der Waals surface area contributed by atoms with Crippen molar-refractivity contribution in [1.82, 2.24) is 15.1 Å². The lowest BCUT2D eigenvalue weighted by molar-refractivity contribution is -0.0506. The molecule has 2 rings (SSSR count). The Bertz CT molecular complexity index is 572. The molecule has 1 aromatic carbocycles. The van der Waals surface area contributed by atoms with Crippen LogP contribution in [0.2, 0.25) is 0 Å². The minimum atomic E-state index is -2.81. The zero-order chi connectivity index (χ0) is 15.2. The lowest BCUT2D eigenvalue weighted by atomic mass is 10.1. The molecule has 0 aliphatic rings. The van der Waals surface area contributed by atoms with Crippen molar-refractivity contribution in [3.63, 3.8) is 0 Å². The van der Waals surface area contributed by atoms with Gasteiger partial charge in [0.2, 0.25) is 0 Å². The summed E-state index contributed by atoms with van der Waals surface area (Å²) >= 11 is 0. The molecule has 21 heavy (non-hydrogen) atoms. The number of nitrogens with zero attached hydrogens (tertiary/aromatic N) is 2. The Hall–Kier alpha value is -1.95. The van der Waals surface area contributed by atoms with Crippen LogP contribution in [0, 0.1) is 6.92 Å². The van der Waals surface area contributed by atoms with Crippen LogP contribution in [0.1, 0.15) is 24.1 Å². The second kappa shape index (κ2) is 7.17. The van der Waals surface area contributed by atoms with Gasteiger partial charge in [0.25, 0.3) is 0 Å². The molecular formula is C15H19F2N3O. The van der Waals surface area contributed by atoms with E-state index in [2.05, 4.69) is 15.2 Å². The third kappa shape index (κ3) is 4.53. The molecule has 1 atom stereocenters. The van der Waals surface area contributed by atoms with Crippen molar-refractivity contribution in [2.24, 2.45) is 0 Å². The summed E-state index contributed by atoms with van der Waals surface area (Å²) in [4.78, 5) is 0. The van der Waals surface area contributed by atoms with E-state index in [1.54, 1.807) is 24.4 Å². The van der Waals surface area contributed by atoms with Gasteiger partial charge in [-0.3, -0.25) is 4.68 Å². The standard InChI is InChI=1S/C15H19F2N3O/c1-11-9-19-20(10-11)8-7-18-12(2)13-5-3-4-6-14(13)21-15(16)17/h3-6,9-10,12,15,18H,7-8H2,1-2H3. The summed E-state index contributed by atoms with van der Waals surface area (Å²) in [5.74, 6) is 0.211. The Morgan fingerprint density at radius 2 is 2.10 bits per heavy atom. The largest absolute Gasteiger partial charge is 0.434 e. The van der Waals surface area contributed by atoms with Crippen LogP contribution in [0.4, 0.5) is 8.78 Å². The minimum Gasteiger partial charge on any atom is -0.434 e. The monoisotopic (exact) mass is 295 g/mol. The molecule has 0 radical (unpaired) electrons. The normalized spacial score (nSPS) is 12.6. The average Bonchev–Trinajstić information content (AvgIpc) is 2.84. The minimum absolute atomic E-state index is 0.0865. The molecular weight excluding hydrogens is 276 g/mol. The zero-order valence-corrected chi connectivity index (χ0v) is 12.1. The molecule has 0 spiro atoms. The predicted octanol–water partition coefficient (Wildman–Crippen LogP) is 3.14. The van der Waals surface area contributed by atoms with Crippen molar-refractivity contribution in [2.75, 3.05) is 6.54 Å². The van der Waals surface area contributed by atoms with Gasteiger partial charge in [0.15, 0.2) is 0 Å². The summed E-state index contributed by atoms with van der Waals surface area (Å²) in [6, 6.07) is 6.74. The molecule has 4 nitrogen and oxygen atoms in total. The van der Waals surface area contributed by atoms with Crippen molar-refractivity contribution in [3.05, 3.63) is 47.8 Å². The van der Waals surface area contributed by atoms with Crippen LogP contribution < -0.4 is 10.1 Å². The van der Waals surface area contributed by atoms with E-state index in [9.17, 15) is 8.78 Å². The van der Waals surface area contributed by atoms with Crippen molar-refractivity contribution >= 4 is 0 Å². The molecule has 1 N–H and O–H groups in total. The Labute approximate surface area is 122 Å². The smallest absolute Gasteiger partial charge is 0.387 e. The number of aryl methyl sites for hydroxylation is 1. The van der Waals surface area contributed by atoms with Crippen LogP contribution in [0.25, 0.3) is 0 Å². The molecule has 0 saturated carbocycles. The van der Waals surface area contributed by atoms with Crippen LogP contribution in [0.3, 0.4) is 0 Å². The fourth-order valence-corrected chi connectivity index (χ4v) is 2.14. The Morgan fingerprint density at radius 3 is 2.76 bits per heavy atom. The number of benzene rings is 1. The molecule has 6 heteroatoms. The molecule has 0 amide bonds. The molecule has 0 saturated heterocycles. The van der Waals surface area contributed by atoms with E-state index in [1.165, 1.54) is 0 Å². The van der Waals surface area contributed by atoms with Gasteiger partial charge in [0, 0.05) is 24.3 Å². The van der Waals surface area contributed by atoms with Crippen molar-refractivity contribution < 1.29 is 13.5 Å². The first-order valence-electron chi connectivity index (χ1n) is 6.82. The van der Waals surface area contributed by atoms with Gasteiger partial charge < -0.3 is 10.1 Å². The van der Waals surface area contributed by atoms with Crippen LogP contribution in [0.5, 0.6) is 5.75 Å². The van der Waals surface area contributed by atoms with Gasteiger partial charge in [0.05, 0.1) is 12.7 Å². The first-order valence-corrected chi connectivity index (χ1v) is 6.82. The molecule has 2 aromatic rings. The van der Waals surface area contributed by atoms with Gasteiger partial charge in [-0.15, -0.1) is 0 Å².